The SMILES string of the molecule is CCCc1ccc(C)c(Nc2nc3ccccc3nc2N)c1. The van der Waals surface area contributed by atoms with Crippen LogP contribution in [-0.2, 0) is 6.42 Å². The number of benzene rings is 2. The number of rotatable bonds is 4. The quantitative estimate of drug-likeness (QED) is 0.756. The van der Waals surface area contributed by atoms with Gasteiger partial charge in [0.25, 0.3) is 0 Å². The molecular formula is C18H20N4. The molecule has 0 fully saturated rings. The molecule has 3 rings (SSSR count). The molecule has 0 radical (unpaired) electrons. The van der Waals surface area contributed by atoms with Gasteiger partial charge in [-0.3, -0.25) is 0 Å². The third kappa shape index (κ3) is 2.86. The number of hydrogen-bond acceptors (Lipinski definition) is 4. The lowest BCUT2D eigenvalue weighted by Crippen LogP contribution is -2.03. The second-order valence-corrected chi connectivity index (χ2v) is 5.47. The summed E-state index contributed by atoms with van der Waals surface area (Å²) in [4.78, 5) is 9.00. The monoisotopic (exact) mass is 292 g/mol. The summed E-state index contributed by atoms with van der Waals surface area (Å²) in [6.07, 6.45) is 2.19. The highest BCUT2D eigenvalue weighted by atomic mass is 15.1. The molecule has 0 amide bonds. The molecule has 3 aromatic rings. The van der Waals surface area contributed by atoms with Crippen molar-refractivity contribution in [1.29, 1.82) is 0 Å². The van der Waals surface area contributed by atoms with E-state index in [-0.39, 0.29) is 0 Å². The molecule has 22 heavy (non-hydrogen) atoms. The van der Waals surface area contributed by atoms with Crippen LogP contribution in [-0.4, -0.2) is 9.97 Å². The number of nitrogens with zero attached hydrogens (tertiary/aromatic N) is 2. The average Bonchev–Trinajstić information content (AvgIpc) is 2.51. The minimum atomic E-state index is 0.416. The van der Waals surface area contributed by atoms with Crippen molar-refractivity contribution in [2.75, 3.05) is 11.1 Å². The molecule has 0 saturated heterocycles. The smallest absolute Gasteiger partial charge is 0.174 e. The van der Waals surface area contributed by atoms with Crippen LogP contribution in [0.1, 0.15) is 24.5 Å². The molecule has 0 aliphatic rings. The summed E-state index contributed by atoms with van der Waals surface area (Å²) >= 11 is 0. The van der Waals surface area contributed by atoms with Crippen LogP contribution in [0.3, 0.4) is 0 Å². The van der Waals surface area contributed by atoms with Crippen LogP contribution >= 0.6 is 0 Å². The number of para-hydroxylation sites is 2. The van der Waals surface area contributed by atoms with Crippen molar-refractivity contribution in [3.8, 4) is 0 Å². The van der Waals surface area contributed by atoms with E-state index in [9.17, 15) is 0 Å². The Morgan fingerprint density at radius 1 is 1.05 bits per heavy atom. The normalized spacial score (nSPS) is 10.8. The summed E-state index contributed by atoms with van der Waals surface area (Å²) < 4.78 is 0. The third-order valence-electron chi connectivity index (χ3n) is 3.69. The molecule has 0 aliphatic heterocycles. The number of aryl methyl sites for hydroxylation is 2. The Balaban J connectivity index is 1.99. The molecule has 1 heterocycles. The van der Waals surface area contributed by atoms with Crippen molar-refractivity contribution in [2.24, 2.45) is 0 Å². The number of aromatic nitrogens is 2. The maximum Gasteiger partial charge on any atom is 0.174 e. The molecule has 0 atom stereocenters. The van der Waals surface area contributed by atoms with Crippen molar-refractivity contribution in [3.63, 3.8) is 0 Å². The number of anilines is 3. The zero-order valence-corrected chi connectivity index (χ0v) is 12.9. The number of nitrogens with two attached hydrogens (primary N) is 1. The van der Waals surface area contributed by atoms with E-state index in [0.717, 1.165) is 35.1 Å². The molecule has 4 heteroatoms. The van der Waals surface area contributed by atoms with Gasteiger partial charge < -0.3 is 11.1 Å². The van der Waals surface area contributed by atoms with Gasteiger partial charge in [-0.1, -0.05) is 37.6 Å². The molecule has 0 spiro atoms. The predicted octanol–water partition coefficient (Wildman–Crippen LogP) is 4.22. The second-order valence-electron chi connectivity index (χ2n) is 5.47. The lowest BCUT2D eigenvalue weighted by Gasteiger charge is -2.12. The van der Waals surface area contributed by atoms with Gasteiger partial charge in [-0.15, -0.1) is 0 Å². The maximum absolute atomic E-state index is 6.05. The number of hydrogen-bond donors (Lipinski definition) is 2. The molecule has 2 aromatic carbocycles. The van der Waals surface area contributed by atoms with Gasteiger partial charge >= 0.3 is 0 Å². The van der Waals surface area contributed by atoms with Crippen LogP contribution in [0.15, 0.2) is 42.5 Å². The van der Waals surface area contributed by atoms with E-state index in [4.69, 9.17) is 5.73 Å². The predicted molar refractivity (Wildman–Crippen MR) is 92.4 cm³/mol. The van der Waals surface area contributed by atoms with E-state index in [1.807, 2.05) is 24.3 Å². The van der Waals surface area contributed by atoms with Crippen LogP contribution in [0.2, 0.25) is 0 Å². The van der Waals surface area contributed by atoms with Gasteiger partial charge in [0.05, 0.1) is 11.0 Å². The van der Waals surface area contributed by atoms with Gasteiger partial charge in [0.2, 0.25) is 0 Å². The minimum Gasteiger partial charge on any atom is -0.381 e. The first-order valence-corrected chi connectivity index (χ1v) is 7.56. The highest BCUT2D eigenvalue weighted by Gasteiger charge is 2.08. The summed E-state index contributed by atoms with van der Waals surface area (Å²) in [5, 5.41) is 3.33. The number of fused-ring (bicyclic) bond motifs is 1. The topological polar surface area (TPSA) is 63.8 Å². The molecule has 0 saturated carbocycles. The average molecular weight is 292 g/mol. The Morgan fingerprint density at radius 3 is 2.50 bits per heavy atom. The van der Waals surface area contributed by atoms with Crippen molar-refractivity contribution in [3.05, 3.63) is 53.6 Å². The van der Waals surface area contributed by atoms with Crippen LogP contribution < -0.4 is 11.1 Å². The zero-order chi connectivity index (χ0) is 15.5. The Labute approximate surface area is 130 Å². The second kappa shape index (κ2) is 6.02. The molecule has 112 valence electrons. The minimum absolute atomic E-state index is 0.416. The van der Waals surface area contributed by atoms with E-state index in [1.165, 1.54) is 5.56 Å². The fourth-order valence-corrected chi connectivity index (χ4v) is 2.48. The van der Waals surface area contributed by atoms with E-state index >= 15 is 0 Å². The van der Waals surface area contributed by atoms with Gasteiger partial charge in [0.15, 0.2) is 11.6 Å². The number of nitrogen functional groups attached to an aromatic ring is 1. The summed E-state index contributed by atoms with van der Waals surface area (Å²) in [7, 11) is 0. The summed E-state index contributed by atoms with van der Waals surface area (Å²) in [5.74, 6) is 1.02. The Kier molecular flexibility index (Phi) is 3.92. The largest absolute Gasteiger partial charge is 0.381 e. The van der Waals surface area contributed by atoms with E-state index in [0.29, 0.717) is 11.6 Å². The Morgan fingerprint density at radius 2 is 1.77 bits per heavy atom. The first-order chi connectivity index (χ1) is 10.7. The Bertz CT molecular complexity index is 811. The first kappa shape index (κ1) is 14.3. The molecule has 3 N–H and O–H groups in total. The van der Waals surface area contributed by atoms with Gasteiger partial charge in [-0.25, -0.2) is 9.97 Å². The highest BCUT2D eigenvalue weighted by molar-refractivity contribution is 5.81. The van der Waals surface area contributed by atoms with Crippen LogP contribution in [0.4, 0.5) is 17.3 Å². The highest BCUT2D eigenvalue weighted by Crippen LogP contribution is 2.25. The van der Waals surface area contributed by atoms with Crippen LogP contribution in [0.25, 0.3) is 11.0 Å². The van der Waals surface area contributed by atoms with Crippen molar-refractivity contribution < 1.29 is 0 Å². The van der Waals surface area contributed by atoms with Crippen molar-refractivity contribution >= 4 is 28.4 Å². The van der Waals surface area contributed by atoms with Gasteiger partial charge in [0.1, 0.15) is 0 Å². The standard InChI is InChI=1S/C18H20N4/c1-3-6-13-10-9-12(2)16(11-13)22-18-17(19)20-14-7-4-5-8-15(14)21-18/h4-5,7-11H,3,6H2,1-2H3,(H2,19,20)(H,21,22). The molecule has 0 aliphatic carbocycles. The van der Waals surface area contributed by atoms with Gasteiger partial charge in [-0.05, 0) is 42.7 Å². The lowest BCUT2D eigenvalue weighted by atomic mass is 10.1. The fourth-order valence-electron chi connectivity index (χ4n) is 2.48. The van der Waals surface area contributed by atoms with Gasteiger partial charge in [-0.2, -0.15) is 0 Å². The van der Waals surface area contributed by atoms with Crippen LogP contribution in [0.5, 0.6) is 0 Å². The summed E-state index contributed by atoms with van der Waals surface area (Å²) in [6, 6.07) is 14.2. The third-order valence-corrected chi connectivity index (χ3v) is 3.69. The molecule has 1 aromatic heterocycles. The molecule has 0 unspecified atom stereocenters. The summed E-state index contributed by atoms with van der Waals surface area (Å²) in [5.41, 5.74) is 11.2. The molecular weight excluding hydrogens is 272 g/mol. The fraction of sp³-hybridized carbons (Fsp3) is 0.222. The van der Waals surface area contributed by atoms with Crippen LogP contribution in [0, 0.1) is 6.92 Å². The van der Waals surface area contributed by atoms with Crippen molar-refractivity contribution in [1.82, 2.24) is 9.97 Å². The lowest BCUT2D eigenvalue weighted by molar-refractivity contribution is 0.921. The molecule has 0 bridgehead atoms. The van der Waals surface area contributed by atoms with Crippen molar-refractivity contribution in [2.45, 2.75) is 26.7 Å². The summed E-state index contributed by atoms with van der Waals surface area (Å²) in [6.45, 7) is 4.25. The first-order valence-electron chi connectivity index (χ1n) is 7.56. The number of nitrogens with one attached hydrogen (secondary N) is 1. The molecule has 4 nitrogen and oxygen atoms in total. The van der Waals surface area contributed by atoms with E-state index < -0.39 is 0 Å². The van der Waals surface area contributed by atoms with E-state index in [2.05, 4.69) is 47.3 Å². The Hall–Kier alpha value is -2.62. The zero-order valence-electron chi connectivity index (χ0n) is 12.9. The van der Waals surface area contributed by atoms with Gasteiger partial charge in [0, 0.05) is 5.69 Å². The maximum atomic E-state index is 6.05. The van der Waals surface area contributed by atoms with E-state index in [1.54, 1.807) is 0 Å².